The predicted octanol–water partition coefficient (Wildman–Crippen LogP) is 7.40. The number of nitrogens with zero attached hydrogens (tertiary/aromatic N) is 1. The number of halogens is 6. The second-order valence-corrected chi connectivity index (χ2v) is 10.4. The summed E-state index contributed by atoms with van der Waals surface area (Å²) in [5, 5.41) is 5.73. The lowest BCUT2D eigenvalue weighted by atomic mass is 9.79. The number of carbonyl (C=O) groups is 2. The quantitative estimate of drug-likeness (QED) is 0.280. The van der Waals surface area contributed by atoms with Crippen molar-refractivity contribution in [3.63, 3.8) is 0 Å². The Balaban J connectivity index is 1.63. The van der Waals surface area contributed by atoms with Crippen molar-refractivity contribution in [1.29, 1.82) is 0 Å². The zero-order valence-corrected chi connectivity index (χ0v) is 21.9. The van der Waals surface area contributed by atoms with E-state index in [1.165, 1.54) is 20.0 Å². The number of benzene rings is 2. The minimum atomic E-state index is -5.03. The highest BCUT2D eigenvalue weighted by atomic mass is 19.4. The van der Waals surface area contributed by atoms with Gasteiger partial charge in [0, 0.05) is 11.5 Å². The number of hydrogen-bond donors (Lipinski definition) is 2. The van der Waals surface area contributed by atoms with E-state index >= 15 is 0 Å². The number of hydrogen-bond acceptors (Lipinski definition) is 4. The van der Waals surface area contributed by atoms with Crippen molar-refractivity contribution in [1.82, 2.24) is 4.98 Å². The number of Topliss-reactive ketones (excluding diaryl/α,β-unsaturated/α-hetero) is 1. The van der Waals surface area contributed by atoms with E-state index in [9.17, 15) is 35.9 Å². The molecule has 0 spiro atoms. The highest BCUT2D eigenvalue weighted by Gasteiger charge is 2.40. The third kappa shape index (κ3) is 6.46. The minimum Gasteiger partial charge on any atom is -0.376 e. The first-order chi connectivity index (χ1) is 18.6. The summed E-state index contributed by atoms with van der Waals surface area (Å²) in [5.41, 5.74) is -2.37. The molecule has 1 heterocycles. The molecule has 4 rings (SSSR count). The standard InChI is InChI=1S/C29H27F6N3O2/c1-16-6-4-5-7-21(16)22-13-25(38-26(40)17-8-9-17)37-14-23(22)36-15-24(39)27(2,3)18-10-19(28(30,31)32)12-20(11-18)29(33,34)35/h4-7,10-14,17,36H,8-9,15H2,1-3H3,(H,37,38,40). The molecule has 0 unspecified atom stereocenters. The van der Waals surface area contributed by atoms with Crippen LogP contribution in [-0.4, -0.2) is 23.2 Å². The third-order valence-corrected chi connectivity index (χ3v) is 6.98. The molecule has 0 atom stereocenters. The molecule has 2 aromatic carbocycles. The van der Waals surface area contributed by atoms with Crippen molar-refractivity contribution in [2.24, 2.45) is 5.92 Å². The number of ketones is 1. The Labute approximate surface area is 227 Å². The molecule has 0 radical (unpaired) electrons. The van der Waals surface area contributed by atoms with Gasteiger partial charge < -0.3 is 10.6 Å². The normalized spacial score (nSPS) is 14.1. The smallest absolute Gasteiger partial charge is 0.376 e. The van der Waals surface area contributed by atoms with Crippen LogP contribution in [0.15, 0.2) is 54.7 Å². The van der Waals surface area contributed by atoms with Crippen LogP contribution < -0.4 is 10.6 Å². The second kappa shape index (κ2) is 10.6. The van der Waals surface area contributed by atoms with Crippen molar-refractivity contribution < 1.29 is 35.9 Å². The summed E-state index contributed by atoms with van der Waals surface area (Å²) in [6.45, 7) is 4.04. The summed E-state index contributed by atoms with van der Waals surface area (Å²) in [6.07, 6.45) is -7.01. The van der Waals surface area contributed by atoms with Gasteiger partial charge in [-0.3, -0.25) is 9.59 Å². The Morgan fingerprint density at radius 1 is 0.875 bits per heavy atom. The lowest BCUT2D eigenvalue weighted by Gasteiger charge is -2.26. The molecule has 0 bridgehead atoms. The van der Waals surface area contributed by atoms with E-state index in [4.69, 9.17) is 0 Å². The van der Waals surface area contributed by atoms with Crippen LogP contribution in [0.3, 0.4) is 0 Å². The topological polar surface area (TPSA) is 71.1 Å². The van der Waals surface area contributed by atoms with Crippen LogP contribution in [0, 0.1) is 12.8 Å². The Bertz CT molecular complexity index is 1410. The van der Waals surface area contributed by atoms with Crippen molar-refractivity contribution in [2.45, 2.75) is 51.4 Å². The molecular formula is C29H27F6N3O2. The van der Waals surface area contributed by atoms with Crippen LogP contribution in [0.1, 0.15) is 48.9 Å². The number of nitrogens with one attached hydrogen (secondary N) is 2. The Hall–Kier alpha value is -3.89. The number of aryl methyl sites for hydroxylation is 1. The van der Waals surface area contributed by atoms with Crippen LogP contribution in [0.2, 0.25) is 0 Å². The molecule has 1 aliphatic carbocycles. The molecule has 0 aliphatic heterocycles. The fourth-order valence-corrected chi connectivity index (χ4v) is 4.21. The van der Waals surface area contributed by atoms with Gasteiger partial charge in [-0.05, 0) is 74.6 Å². The van der Waals surface area contributed by atoms with Crippen molar-refractivity contribution >= 4 is 23.2 Å². The van der Waals surface area contributed by atoms with E-state index in [2.05, 4.69) is 15.6 Å². The molecule has 3 aromatic rings. The van der Waals surface area contributed by atoms with E-state index in [1.807, 2.05) is 31.2 Å². The zero-order chi connectivity index (χ0) is 29.5. The van der Waals surface area contributed by atoms with Gasteiger partial charge in [0.2, 0.25) is 5.91 Å². The van der Waals surface area contributed by atoms with Crippen LogP contribution in [-0.2, 0) is 27.4 Å². The Morgan fingerprint density at radius 2 is 1.45 bits per heavy atom. The summed E-state index contributed by atoms with van der Waals surface area (Å²) in [5.74, 6) is -0.506. The van der Waals surface area contributed by atoms with Gasteiger partial charge in [-0.2, -0.15) is 26.3 Å². The molecule has 1 saturated carbocycles. The Morgan fingerprint density at radius 3 is 2.00 bits per heavy atom. The largest absolute Gasteiger partial charge is 0.416 e. The van der Waals surface area contributed by atoms with Gasteiger partial charge in [0.1, 0.15) is 5.82 Å². The lowest BCUT2D eigenvalue weighted by molar-refractivity contribution is -0.143. The maximum Gasteiger partial charge on any atom is 0.416 e. The van der Waals surface area contributed by atoms with E-state index in [1.54, 1.807) is 6.07 Å². The highest BCUT2D eigenvalue weighted by Crippen LogP contribution is 2.39. The number of amides is 1. The van der Waals surface area contributed by atoms with Gasteiger partial charge in [-0.25, -0.2) is 4.98 Å². The van der Waals surface area contributed by atoms with Crippen molar-refractivity contribution in [3.05, 3.63) is 77.0 Å². The van der Waals surface area contributed by atoms with Gasteiger partial charge in [0.25, 0.3) is 0 Å². The maximum atomic E-state index is 13.4. The summed E-state index contributed by atoms with van der Waals surface area (Å²) in [4.78, 5) is 29.8. The van der Waals surface area contributed by atoms with E-state index in [-0.39, 0.29) is 17.9 Å². The van der Waals surface area contributed by atoms with Crippen LogP contribution in [0.4, 0.5) is 37.8 Å². The molecule has 0 saturated heterocycles. The number of rotatable bonds is 8. The van der Waals surface area contributed by atoms with E-state index < -0.39 is 46.8 Å². The fraction of sp³-hybridized carbons (Fsp3) is 0.345. The average Bonchev–Trinajstić information content (AvgIpc) is 3.72. The van der Waals surface area contributed by atoms with E-state index in [0.29, 0.717) is 29.2 Å². The SMILES string of the molecule is Cc1ccccc1-c1cc(NC(=O)C2CC2)ncc1NCC(=O)C(C)(C)c1cc(C(F)(F)F)cc(C(F)(F)F)c1. The van der Waals surface area contributed by atoms with Gasteiger partial charge in [-0.1, -0.05) is 24.3 Å². The number of pyridine rings is 1. The summed E-state index contributed by atoms with van der Waals surface area (Å²) in [6, 6.07) is 10.2. The number of carbonyl (C=O) groups excluding carboxylic acids is 2. The molecule has 1 aliphatic rings. The van der Waals surface area contributed by atoms with Gasteiger partial charge >= 0.3 is 12.4 Å². The van der Waals surface area contributed by atoms with E-state index in [0.717, 1.165) is 24.0 Å². The van der Waals surface area contributed by atoms with Gasteiger partial charge in [0.15, 0.2) is 5.78 Å². The first kappa shape index (κ1) is 29.1. The molecule has 212 valence electrons. The molecule has 1 fully saturated rings. The molecule has 2 N–H and O–H groups in total. The Kier molecular flexibility index (Phi) is 7.70. The first-order valence-electron chi connectivity index (χ1n) is 12.5. The molecule has 11 heteroatoms. The first-order valence-corrected chi connectivity index (χ1v) is 12.5. The van der Waals surface area contributed by atoms with Crippen molar-refractivity contribution in [3.8, 4) is 11.1 Å². The molecular weight excluding hydrogens is 536 g/mol. The van der Waals surface area contributed by atoms with Crippen molar-refractivity contribution in [2.75, 3.05) is 17.2 Å². The summed E-state index contributed by atoms with van der Waals surface area (Å²) < 4.78 is 80.4. The molecule has 1 aromatic heterocycles. The highest BCUT2D eigenvalue weighted by molar-refractivity contribution is 5.96. The predicted molar refractivity (Wildman–Crippen MR) is 139 cm³/mol. The second-order valence-electron chi connectivity index (χ2n) is 10.4. The number of alkyl halides is 6. The maximum absolute atomic E-state index is 13.4. The van der Waals surface area contributed by atoms with Crippen LogP contribution in [0.25, 0.3) is 11.1 Å². The number of anilines is 2. The molecule has 5 nitrogen and oxygen atoms in total. The summed E-state index contributed by atoms with van der Waals surface area (Å²) in [7, 11) is 0. The lowest BCUT2D eigenvalue weighted by Crippen LogP contribution is -2.35. The van der Waals surface area contributed by atoms with Gasteiger partial charge in [-0.15, -0.1) is 0 Å². The average molecular weight is 564 g/mol. The molecule has 40 heavy (non-hydrogen) atoms. The van der Waals surface area contributed by atoms with Crippen LogP contribution >= 0.6 is 0 Å². The fourth-order valence-electron chi connectivity index (χ4n) is 4.21. The van der Waals surface area contributed by atoms with Gasteiger partial charge in [0.05, 0.1) is 35.0 Å². The molecule has 1 amide bonds. The van der Waals surface area contributed by atoms with Crippen LogP contribution in [0.5, 0.6) is 0 Å². The zero-order valence-electron chi connectivity index (χ0n) is 21.9. The monoisotopic (exact) mass is 563 g/mol. The summed E-state index contributed by atoms with van der Waals surface area (Å²) >= 11 is 0. The third-order valence-electron chi connectivity index (χ3n) is 6.98. The minimum absolute atomic E-state index is 0.0337. The number of aromatic nitrogens is 1.